The van der Waals surface area contributed by atoms with E-state index in [-0.39, 0.29) is 11.6 Å². The lowest BCUT2D eigenvalue weighted by atomic mass is 9.74. The molecule has 0 aliphatic heterocycles. The van der Waals surface area contributed by atoms with Crippen molar-refractivity contribution < 1.29 is 19.8 Å². The molecule has 0 atom stereocenters. The van der Waals surface area contributed by atoms with E-state index in [4.69, 9.17) is 0 Å². The van der Waals surface area contributed by atoms with Gasteiger partial charge in [-0.15, -0.1) is 0 Å². The van der Waals surface area contributed by atoms with Crippen LogP contribution in [0.1, 0.15) is 65.2 Å². The fraction of sp³-hybridized carbons (Fsp3) is 0.0769. The summed E-state index contributed by atoms with van der Waals surface area (Å²) in [4.78, 5) is 26.2. The Bertz CT molecular complexity index is 2000. The number of benzene rings is 5. The van der Waals surface area contributed by atoms with Gasteiger partial charge in [-0.3, -0.25) is 9.59 Å². The van der Waals surface area contributed by atoms with Crippen molar-refractivity contribution in [2.75, 3.05) is 0 Å². The number of carbonyl (C=O) groups excluding carboxylic acids is 2. The van der Waals surface area contributed by atoms with Gasteiger partial charge >= 0.3 is 0 Å². The topological polar surface area (TPSA) is 74.6 Å². The Labute approximate surface area is 249 Å². The predicted molar refractivity (Wildman–Crippen MR) is 163 cm³/mol. The van der Waals surface area contributed by atoms with Gasteiger partial charge in [0.05, 0.1) is 0 Å². The maximum absolute atomic E-state index is 13.1. The third-order valence-electron chi connectivity index (χ3n) is 8.12. The lowest BCUT2D eigenvalue weighted by Crippen LogP contribution is -2.34. The molecule has 0 fully saturated rings. The summed E-state index contributed by atoms with van der Waals surface area (Å²) in [6.45, 7) is 0. The lowest BCUT2D eigenvalue weighted by Gasteiger charge is -2.31. The molecular formula is C39H24O4. The van der Waals surface area contributed by atoms with Crippen molar-refractivity contribution in [1.29, 1.82) is 0 Å². The normalized spacial score (nSPS) is 14.9. The number of rotatable bonds is 1. The molecule has 204 valence electrons. The molecule has 7 rings (SSSR count). The molecule has 0 spiro atoms. The Balaban J connectivity index is 1.22. The zero-order valence-corrected chi connectivity index (χ0v) is 23.0. The minimum atomic E-state index is -1.65. The third kappa shape index (κ3) is 4.21. The molecule has 2 aliphatic carbocycles. The summed E-state index contributed by atoms with van der Waals surface area (Å²) in [5.74, 6) is 12.1. The van der Waals surface area contributed by atoms with Crippen LogP contribution in [-0.4, -0.2) is 21.8 Å². The van der Waals surface area contributed by atoms with E-state index in [0.717, 1.165) is 5.56 Å². The largest absolute Gasteiger partial charge is 0.369 e. The molecule has 4 nitrogen and oxygen atoms in total. The Morgan fingerprint density at radius 3 is 1.40 bits per heavy atom. The smallest absolute Gasteiger partial charge is 0.193 e. The van der Waals surface area contributed by atoms with Gasteiger partial charge in [0.15, 0.2) is 22.8 Å². The highest BCUT2D eigenvalue weighted by molar-refractivity contribution is 6.14. The van der Waals surface area contributed by atoms with Gasteiger partial charge in [-0.05, 0) is 17.7 Å². The van der Waals surface area contributed by atoms with Crippen LogP contribution in [0.15, 0.2) is 121 Å². The van der Waals surface area contributed by atoms with Crippen LogP contribution in [0.3, 0.4) is 0 Å². The summed E-state index contributed by atoms with van der Waals surface area (Å²) in [6, 6.07) is 35.7. The van der Waals surface area contributed by atoms with Crippen molar-refractivity contribution in [3.8, 4) is 23.7 Å². The third-order valence-corrected chi connectivity index (χ3v) is 8.12. The Hall–Kier alpha value is -5.52. The summed E-state index contributed by atoms with van der Waals surface area (Å²) in [6.07, 6.45) is 0.334. The molecule has 4 heteroatoms. The molecule has 0 heterocycles. The Morgan fingerprint density at radius 2 is 0.930 bits per heavy atom. The second kappa shape index (κ2) is 10.1. The van der Waals surface area contributed by atoms with E-state index < -0.39 is 11.2 Å². The number of hydrogen-bond acceptors (Lipinski definition) is 4. The van der Waals surface area contributed by atoms with E-state index >= 15 is 0 Å². The van der Waals surface area contributed by atoms with Crippen LogP contribution in [0.4, 0.5) is 0 Å². The zero-order chi connectivity index (χ0) is 29.6. The highest BCUT2D eigenvalue weighted by Gasteiger charge is 2.42. The van der Waals surface area contributed by atoms with E-state index in [0.29, 0.717) is 56.5 Å². The molecule has 5 aromatic rings. The highest BCUT2D eigenvalue weighted by Crippen LogP contribution is 2.40. The Kier molecular flexibility index (Phi) is 6.19. The zero-order valence-electron chi connectivity index (χ0n) is 23.0. The minimum absolute atomic E-state index is 0.127. The summed E-state index contributed by atoms with van der Waals surface area (Å²) >= 11 is 0. The SMILES string of the molecule is O=C1c2ccccc2C(O)(C#CCc2cccc(C#CC3(O)c4ccccc4C(=O)c4ccccc43)c2)c2ccccc21. The first-order valence-electron chi connectivity index (χ1n) is 13.9. The first-order valence-corrected chi connectivity index (χ1v) is 13.9. The second-order valence-electron chi connectivity index (χ2n) is 10.7. The maximum atomic E-state index is 13.1. The fourth-order valence-corrected chi connectivity index (χ4v) is 6.03. The van der Waals surface area contributed by atoms with Crippen LogP contribution in [0.2, 0.25) is 0 Å². The summed E-state index contributed by atoms with van der Waals surface area (Å²) < 4.78 is 0. The van der Waals surface area contributed by atoms with Gasteiger partial charge in [-0.25, -0.2) is 0 Å². The van der Waals surface area contributed by atoms with Gasteiger partial charge in [0.1, 0.15) is 0 Å². The molecule has 0 aromatic heterocycles. The van der Waals surface area contributed by atoms with Crippen molar-refractivity contribution in [2.45, 2.75) is 17.6 Å². The molecule has 0 radical (unpaired) electrons. The molecular weight excluding hydrogens is 532 g/mol. The number of fused-ring (bicyclic) bond motifs is 4. The van der Waals surface area contributed by atoms with E-state index in [2.05, 4.69) is 23.7 Å². The quantitative estimate of drug-likeness (QED) is 0.266. The lowest BCUT2D eigenvalue weighted by molar-refractivity contribution is 0.0976. The molecule has 0 amide bonds. The van der Waals surface area contributed by atoms with Crippen molar-refractivity contribution >= 4 is 11.6 Å². The van der Waals surface area contributed by atoms with Crippen LogP contribution >= 0.6 is 0 Å². The van der Waals surface area contributed by atoms with Gasteiger partial charge in [0, 0.05) is 56.5 Å². The average molecular weight is 557 g/mol. The molecule has 0 unspecified atom stereocenters. The van der Waals surface area contributed by atoms with E-state index in [1.54, 1.807) is 97.1 Å². The molecule has 0 saturated carbocycles. The monoisotopic (exact) mass is 556 g/mol. The number of hydrogen-bond donors (Lipinski definition) is 2. The van der Waals surface area contributed by atoms with E-state index in [9.17, 15) is 19.8 Å². The molecule has 2 aliphatic rings. The van der Waals surface area contributed by atoms with Crippen molar-refractivity contribution in [3.63, 3.8) is 0 Å². The van der Waals surface area contributed by atoms with Gasteiger partial charge in [0.25, 0.3) is 0 Å². The molecule has 43 heavy (non-hydrogen) atoms. The van der Waals surface area contributed by atoms with Gasteiger partial charge < -0.3 is 10.2 Å². The van der Waals surface area contributed by atoms with Crippen molar-refractivity contribution in [2.24, 2.45) is 0 Å². The first kappa shape index (κ1) is 26.4. The van der Waals surface area contributed by atoms with Gasteiger partial charge in [0.2, 0.25) is 0 Å². The Morgan fingerprint density at radius 1 is 0.512 bits per heavy atom. The predicted octanol–water partition coefficient (Wildman–Crippen LogP) is 5.55. The number of ketones is 2. The maximum Gasteiger partial charge on any atom is 0.193 e. The standard InChI is InChI=1S/C39H24O4/c40-36-28-14-1-5-18-32(28)38(42,33-19-6-2-15-29(33)36)23-10-13-26-11-9-12-27(25-26)22-24-39(43)34-20-7-3-16-30(34)37(41)31-17-4-8-21-35(31)39/h1-9,11-12,14-21,25,42-43H,13H2. The summed E-state index contributed by atoms with van der Waals surface area (Å²) in [7, 11) is 0. The van der Waals surface area contributed by atoms with Crippen molar-refractivity contribution in [3.05, 3.63) is 177 Å². The van der Waals surface area contributed by atoms with Crippen LogP contribution in [0, 0.1) is 23.7 Å². The fourth-order valence-electron chi connectivity index (χ4n) is 6.03. The van der Waals surface area contributed by atoms with E-state index in [1.807, 2.05) is 24.3 Å². The second-order valence-corrected chi connectivity index (χ2v) is 10.7. The van der Waals surface area contributed by atoms with Crippen LogP contribution < -0.4 is 0 Å². The molecule has 2 N–H and O–H groups in total. The van der Waals surface area contributed by atoms with Crippen LogP contribution in [-0.2, 0) is 17.6 Å². The van der Waals surface area contributed by atoms with Crippen LogP contribution in [0.25, 0.3) is 0 Å². The number of carbonyl (C=O) groups is 2. The van der Waals surface area contributed by atoms with Gasteiger partial charge in [-0.2, -0.15) is 0 Å². The van der Waals surface area contributed by atoms with E-state index in [1.165, 1.54) is 0 Å². The number of aliphatic hydroxyl groups is 2. The summed E-state index contributed by atoms with van der Waals surface area (Å²) in [5.41, 5.74) is 1.93. The highest BCUT2D eigenvalue weighted by atomic mass is 16.3. The first-order chi connectivity index (χ1) is 20.9. The van der Waals surface area contributed by atoms with Crippen LogP contribution in [0.5, 0.6) is 0 Å². The summed E-state index contributed by atoms with van der Waals surface area (Å²) in [5, 5.41) is 23.8. The van der Waals surface area contributed by atoms with Gasteiger partial charge in [-0.1, -0.05) is 133 Å². The average Bonchev–Trinajstić information content (AvgIpc) is 3.06. The molecule has 0 saturated heterocycles. The minimum Gasteiger partial charge on any atom is -0.369 e. The van der Waals surface area contributed by atoms with Crippen molar-refractivity contribution in [1.82, 2.24) is 0 Å². The molecule has 0 bridgehead atoms. The molecule has 5 aromatic carbocycles.